The number of methoxy groups -OCH3 is 2. The highest BCUT2D eigenvalue weighted by molar-refractivity contribution is 5.76. The lowest BCUT2D eigenvalue weighted by Gasteiger charge is -2.37. The summed E-state index contributed by atoms with van der Waals surface area (Å²) in [5.41, 5.74) is 0.353. The third-order valence-electron chi connectivity index (χ3n) is 7.08. The molecule has 1 aromatic heterocycles. The molecule has 42 heavy (non-hydrogen) atoms. The summed E-state index contributed by atoms with van der Waals surface area (Å²) in [7, 11) is 3.19. The van der Waals surface area contributed by atoms with Gasteiger partial charge in [-0.25, -0.2) is 4.79 Å². The van der Waals surface area contributed by atoms with Crippen LogP contribution in [0.2, 0.25) is 0 Å². The number of aliphatic hydroxyl groups is 1. The Kier molecular flexibility index (Phi) is 9.61. The van der Waals surface area contributed by atoms with Gasteiger partial charge in [-0.05, 0) is 54.8 Å². The maximum atomic E-state index is 13.0. The summed E-state index contributed by atoms with van der Waals surface area (Å²) in [6, 6.07) is 23.8. The van der Waals surface area contributed by atoms with Crippen molar-refractivity contribution in [1.29, 1.82) is 0 Å². The van der Waals surface area contributed by atoms with Crippen LogP contribution in [0.3, 0.4) is 0 Å². The number of carbonyl (C=O) groups is 1. The predicted octanol–water partition coefficient (Wildman–Crippen LogP) is 2.74. The zero-order chi connectivity index (χ0) is 30.3. The number of H-pyrrole nitrogens is 1. The van der Waals surface area contributed by atoms with Gasteiger partial charge in [-0.1, -0.05) is 54.6 Å². The third-order valence-corrected chi connectivity index (χ3v) is 7.08. The summed E-state index contributed by atoms with van der Waals surface area (Å²) in [5.74, 6) is 0.826. The summed E-state index contributed by atoms with van der Waals surface area (Å²) in [4.78, 5) is 39.1. The van der Waals surface area contributed by atoms with Crippen LogP contribution in [0, 0.1) is 6.92 Å². The van der Waals surface area contributed by atoms with Crippen molar-refractivity contribution in [3.63, 3.8) is 0 Å². The van der Waals surface area contributed by atoms with E-state index in [0.717, 1.165) is 21.3 Å². The summed E-state index contributed by atoms with van der Waals surface area (Å²) >= 11 is 0. The number of aliphatic hydroxyl groups excluding tert-OH is 1. The molecule has 4 rings (SSSR count). The molecule has 10 nitrogen and oxygen atoms in total. The SMILES string of the molecule is COc1ccc(C(OCC(NC(=O)Cn2cc(C)c(=O)[nH]c2=O)C(C)O)(c2ccccc2)c2ccc(OC)cc2)cc1. The summed E-state index contributed by atoms with van der Waals surface area (Å²) in [6.07, 6.45) is 0.325. The number of nitrogens with zero attached hydrogens (tertiary/aromatic N) is 1. The van der Waals surface area contributed by atoms with Crippen LogP contribution < -0.4 is 26.0 Å². The van der Waals surface area contributed by atoms with Gasteiger partial charge in [-0.15, -0.1) is 0 Å². The number of ether oxygens (including phenoxy) is 3. The van der Waals surface area contributed by atoms with E-state index in [1.54, 1.807) is 28.1 Å². The molecule has 0 aliphatic rings. The van der Waals surface area contributed by atoms with Crippen molar-refractivity contribution in [2.75, 3.05) is 20.8 Å². The van der Waals surface area contributed by atoms with E-state index < -0.39 is 34.9 Å². The standard InChI is InChI=1S/C32H35N3O7/c1-21-18-35(31(39)34-30(21)38)19-29(37)33-28(22(2)36)20-42-32(23-8-6-5-7-9-23,24-10-14-26(40-3)15-11-24)25-12-16-27(41-4)17-13-25/h5-18,22,28,36H,19-20H2,1-4H3,(H,33,37)(H,34,38,39). The molecule has 220 valence electrons. The van der Waals surface area contributed by atoms with Crippen molar-refractivity contribution < 1.29 is 24.1 Å². The van der Waals surface area contributed by atoms with E-state index in [1.807, 2.05) is 78.9 Å². The van der Waals surface area contributed by atoms with E-state index in [0.29, 0.717) is 17.1 Å². The van der Waals surface area contributed by atoms with Gasteiger partial charge in [-0.2, -0.15) is 0 Å². The minimum absolute atomic E-state index is 0.0874. The first-order valence-electron chi connectivity index (χ1n) is 13.4. The van der Waals surface area contributed by atoms with Crippen LogP contribution in [0.5, 0.6) is 11.5 Å². The quantitative estimate of drug-likeness (QED) is 0.222. The highest BCUT2D eigenvalue weighted by atomic mass is 16.5. The minimum Gasteiger partial charge on any atom is -0.497 e. The predicted molar refractivity (Wildman–Crippen MR) is 158 cm³/mol. The van der Waals surface area contributed by atoms with Gasteiger partial charge in [0.05, 0.1) is 33.0 Å². The molecule has 1 amide bonds. The van der Waals surface area contributed by atoms with Crippen molar-refractivity contribution >= 4 is 5.91 Å². The zero-order valence-corrected chi connectivity index (χ0v) is 24.0. The summed E-state index contributed by atoms with van der Waals surface area (Å²) in [6.45, 7) is 2.66. The first-order chi connectivity index (χ1) is 20.2. The molecule has 0 saturated heterocycles. The van der Waals surface area contributed by atoms with Crippen LogP contribution in [0.25, 0.3) is 0 Å². The first kappa shape index (κ1) is 30.3. The van der Waals surface area contributed by atoms with Crippen molar-refractivity contribution in [3.8, 4) is 11.5 Å². The number of aromatic nitrogens is 2. The summed E-state index contributed by atoms with van der Waals surface area (Å²) < 4.78 is 18.7. The van der Waals surface area contributed by atoms with Crippen LogP contribution in [0.1, 0.15) is 29.2 Å². The maximum Gasteiger partial charge on any atom is 0.328 e. The lowest BCUT2D eigenvalue weighted by Crippen LogP contribution is -2.49. The van der Waals surface area contributed by atoms with Gasteiger partial charge in [-0.3, -0.25) is 19.1 Å². The molecule has 0 radical (unpaired) electrons. The molecule has 0 aliphatic heterocycles. The Balaban J connectivity index is 1.72. The third kappa shape index (κ3) is 6.62. The first-order valence-corrected chi connectivity index (χ1v) is 13.4. The number of aryl methyl sites for hydroxylation is 1. The van der Waals surface area contributed by atoms with E-state index >= 15 is 0 Å². The highest BCUT2D eigenvalue weighted by Crippen LogP contribution is 2.41. The van der Waals surface area contributed by atoms with Crippen LogP contribution in [-0.2, 0) is 21.7 Å². The Morgan fingerprint density at radius 2 is 1.43 bits per heavy atom. The smallest absolute Gasteiger partial charge is 0.328 e. The van der Waals surface area contributed by atoms with Crippen molar-refractivity contribution in [2.45, 2.75) is 38.1 Å². The molecular formula is C32H35N3O7. The van der Waals surface area contributed by atoms with Gasteiger partial charge in [0, 0.05) is 11.8 Å². The molecule has 4 aromatic rings. The largest absolute Gasteiger partial charge is 0.497 e. The maximum absolute atomic E-state index is 13.0. The average Bonchev–Trinajstić information content (AvgIpc) is 3.00. The summed E-state index contributed by atoms with van der Waals surface area (Å²) in [5, 5.41) is 13.4. The molecule has 0 fully saturated rings. The normalized spacial score (nSPS) is 12.8. The molecule has 0 spiro atoms. The van der Waals surface area contributed by atoms with Crippen molar-refractivity contribution in [2.24, 2.45) is 0 Å². The molecule has 0 saturated carbocycles. The van der Waals surface area contributed by atoms with E-state index in [-0.39, 0.29) is 13.2 Å². The van der Waals surface area contributed by atoms with Gasteiger partial charge in [0.25, 0.3) is 5.56 Å². The molecule has 0 aliphatic carbocycles. The molecule has 0 bridgehead atoms. The van der Waals surface area contributed by atoms with Gasteiger partial charge >= 0.3 is 5.69 Å². The molecule has 3 aromatic carbocycles. The average molecular weight is 574 g/mol. The fraction of sp³-hybridized carbons (Fsp3) is 0.281. The topological polar surface area (TPSA) is 132 Å². The second-order valence-corrected chi connectivity index (χ2v) is 9.93. The number of hydrogen-bond donors (Lipinski definition) is 3. The Labute approximate surface area is 243 Å². The molecule has 10 heteroatoms. The second-order valence-electron chi connectivity index (χ2n) is 9.93. The molecule has 3 N–H and O–H groups in total. The molecule has 1 heterocycles. The van der Waals surface area contributed by atoms with Gasteiger partial charge in [0.15, 0.2) is 0 Å². The van der Waals surface area contributed by atoms with Gasteiger partial charge < -0.3 is 24.6 Å². The Morgan fingerprint density at radius 1 is 0.905 bits per heavy atom. The lowest BCUT2D eigenvalue weighted by molar-refractivity contribution is -0.124. The minimum atomic E-state index is -1.15. The van der Waals surface area contributed by atoms with Crippen LogP contribution in [-0.4, -0.2) is 53.5 Å². The van der Waals surface area contributed by atoms with Crippen molar-refractivity contribution in [3.05, 3.63) is 128 Å². The van der Waals surface area contributed by atoms with Crippen molar-refractivity contribution in [1.82, 2.24) is 14.9 Å². The second kappa shape index (κ2) is 13.3. The number of nitrogens with one attached hydrogen (secondary N) is 2. The number of carbonyl (C=O) groups excluding carboxylic acids is 1. The Hall–Kier alpha value is -4.67. The Morgan fingerprint density at radius 3 is 1.93 bits per heavy atom. The number of benzene rings is 3. The number of hydrogen-bond acceptors (Lipinski definition) is 7. The van der Waals surface area contributed by atoms with Crippen LogP contribution >= 0.6 is 0 Å². The highest BCUT2D eigenvalue weighted by Gasteiger charge is 2.39. The van der Waals surface area contributed by atoms with E-state index in [1.165, 1.54) is 6.20 Å². The zero-order valence-electron chi connectivity index (χ0n) is 24.0. The van der Waals surface area contributed by atoms with Crippen LogP contribution in [0.15, 0.2) is 94.6 Å². The molecular weight excluding hydrogens is 538 g/mol. The van der Waals surface area contributed by atoms with Gasteiger partial charge in [0.2, 0.25) is 5.91 Å². The number of amides is 1. The van der Waals surface area contributed by atoms with Gasteiger partial charge in [0.1, 0.15) is 23.6 Å². The number of aromatic amines is 1. The monoisotopic (exact) mass is 573 g/mol. The molecule has 2 unspecified atom stereocenters. The van der Waals surface area contributed by atoms with Crippen LogP contribution in [0.4, 0.5) is 0 Å². The van der Waals surface area contributed by atoms with E-state index in [9.17, 15) is 19.5 Å². The molecule has 2 atom stereocenters. The van der Waals surface area contributed by atoms with E-state index in [4.69, 9.17) is 14.2 Å². The fourth-order valence-electron chi connectivity index (χ4n) is 4.73. The Bertz CT molecular complexity index is 1550. The number of rotatable bonds is 12. The lowest BCUT2D eigenvalue weighted by atomic mass is 9.80. The van der Waals surface area contributed by atoms with E-state index in [2.05, 4.69) is 10.3 Å². The fourth-order valence-corrected chi connectivity index (χ4v) is 4.73.